The first-order valence-electron chi connectivity index (χ1n) is 8.25. The number of hydrogen-bond acceptors (Lipinski definition) is 4. The molecule has 0 unspecified atom stereocenters. The Kier molecular flexibility index (Phi) is 4.60. The first kappa shape index (κ1) is 17.2. The monoisotopic (exact) mass is 422 g/mol. The van der Waals surface area contributed by atoms with Crippen LogP contribution in [0.5, 0.6) is 0 Å². The van der Waals surface area contributed by atoms with Crippen LogP contribution < -0.4 is 5.32 Å². The summed E-state index contributed by atoms with van der Waals surface area (Å²) in [5, 5.41) is 7.38. The van der Waals surface area contributed by atoms with E-state index in [1.54, 1.807) is 23.1 Å². The van der Waals surface area contributed by atoms with E-state index in [1.165, 1.54) is 0 Å². The molecule has 4 rings (SSSR count). The topological polar surface area (TPSA) is 73.0 Å². The molecule has 0 saturated carbocycles. The molecule has 0 bridgehead atoms. The average molecular weight is 423 g/mol. The van der Waals surface area contributed by atoms with Gasteiger partial charge in [-0.15, -0.1) is 0 Å². The maximum absolute atomic E-state index is 12.9. The van der Waals surface area contributed by atoms with Crippen molar-refractivity contribution in [2.45, 2.75) is 6.92 Å². The van der Waals surface area contributed by atoms with Crippen LogP contribution in [0.3, 0.4) is 0 Å². The van der Waals surface area contributed by atoms with E-state index in [9.17, 15) is 4.79 Å². The number of aryl methyl sites for hydroxylation is 1. The molecule has 0 aliphatic rings. The number of para-hydroxylation sites is 1. The second kappa shape index (κ2) is 7.20. The van der Waals surface area contributed by atoms with Crippen molar-refractivity contribution in [2.24, 2.45) is 0 Å². The summed E-state index contributed by atoms with van der Waals surface area (Å²) < 4.78 is 8.20. The number of benzene rings is 1. The van der Waals surface area contributed by atoms with Crippen LogP contribution in [0.25, 0.3) is 17.1 Å². The second-order valence-electron chi connectivity index (χ2n) is 5.90. The van der Waals surface area contributed by atoms with Crippen LogP contribution >= 0.6 is 15.9 Å². The SMILES string of the molecule is Cc1ccc(-c2nn(-c3ccccc3)cc2C(=O)Nc2ccc(Br)cn2)o1. The van der Waals surface area contributed by atoms with E-state index < -0.39 is 0 Å². The van der Waals surface area contributed by atoms with Gasteiger partial charge in [0.1, 0.15) is 17.3 Å². The number of aromatic nitrogens is 3. The predicted octanol–water partition coefficient (Wildman–Crippen LogP) is 4.85. The molecule has 134 valence electrons. The molecule has 0 aliphatic heterocycles. The van der Waals surface area contributed by atoms with Crippen LogP contribution in [0, 0.1) is 6.92 Å². The Morgan fingerprint density at radius 2 is 1.93 bits per heavy atom. The second-order valence-corrected chi connectivity index (χ2v) is 6.81. The van der Waals surface area contributed by atoms with Crippen molar-refractivity contribution < 1.29 is 9.21 Å². The lowest BCUT2D eigenvalue weighted by Crippen LogP contribution is -2.13. The predicted molar refractivity (Wildman–Crippen MR) is 106 cm³/mol. The molecular formula is C20H15BrN4O2. The van der Waals surface area contributed by atoms with Crippen LogP contribution in [0.2, 0.25) is 0 Å². The highest BCUT2D eigenvalue weighted by atomic mass is 79.9. The number of amides is 1. The van der Waals surface area contributed by atoms with Crippen LogP contribution in [0.1, 0.15) is 16.1 Å². The molecular weight excluding hydrogens is 408 g/mol. The molecule has 27 heavy (non-hydrogen) atoms. The van der Waals surface area contributed by atoms with Gasteiger partial charge in [-0.25, -0.2) is 9.67 Å². The third-order valence-electron chi connectivity index (χ3n) is 3.92. The summed E-state index contributed by atoms with van der Waals surface area (Å²) in [4.78, 5) is 17.1. The lowest BCUT2D eigenvalue weighted by atomic mass is 10.2. The third-order valence-corrected chi connectivity index (χ3v) is 4.39. The summed E-state index contributed by atoms with van der Waals surface area (Å²) in [7, 11) is 0. The summed E-state index contributed by atoms with van der Waals surface area (Å²) >= 11 is 3.33. The number of carbonyl (C=O) groups is 1. The third kappa shape index (κ3) is 3.68. The van der Waals surface area contributed by atoms with Gasteiger partial charge in [0.15, 0.2) is 5.76 Å². The van der Waals surface area contributed by atoms with Gasteiger partial charge in [-0.2, -0.15) is 5.10 Å². The van der Waals surface area contributed by atoms with Crippen molar-refractivity contribution in [1.29, 1.82) is 0 Å². The van der Waals surface area contributed by atoms with Crippen molar-refractivity contribution in [2.75, 3.05) is 5.32 Å². The van der Waals surface area contributed by atoms with Gasteiger partial charge in [-0.05, 0) is 59.3 Å². The quantitative estimate of drug-likeness (QED) is 0.509. The van der Waals surface area contributed by atoms with Gasteiger partial charge >= 0.3 is 0 Å². The van der Waals surface area contributed by atoms with E-state index in [2.05, 4.69) is 31.3 Å². The lowest BCUT2D eigenvalue weighted by Gasteiger charge is -2.03. The number of nitrogens with zero attached hydrogens (tertiary/aromatic N) is 3. The average Bonchev–Trinajstić information content (AvgIpc) is 3.31. The van der Waals surface area contributed by atoms with E-state index >= 15 is 0 Å². The first-order chi connectivity index (χ1) is 13.1. The van der Waals surface area contributed by atoms with Crippen molar-refractivity contribution in [1.82, 2.24) is 14.8 Å². The number of pyridine rings is 1. The van der Waals surface area contributed by atoms with E-state index in [1.807, 2.05) is 55.5 Å². The number of furan rings is 1. The maximum Gasteiger partial charge on any atom is 0.260 e. The minimum absolute atomic E-state index is 0.309. The van der Waals surface area contributed by atoms with Crippen molar-refractivity contribution in [3.8, 4) is 17.1 Å². The minimum Gasteiger partial charge on any atom is -0.460 e. The van der Waals surface area contributed by atoms with Gasteiger partial charge in [-0.3, -0.25) is 4.79 Å². The molecule has 0 atom stereocenters. The molecule has 4 aromatic rings. The molecule has 0 spiro atoms. The number of hydrogen-bond donors (Lipinski definition) is 1. The molecule has 0 saturated heterocycles. The standard InChI is InChI=1S/C20H15BrN4O2/c1-13-7-9-17(27-13)19-16(12-25(24-19)15-5-3-2-4-6-15)20(26)23-18-10-8-14(21)11-22-18/h2-12H,1H3,(H,22,23,26). The minimum atomic E-state index is -0.309. The summed E-state index contributed by atoms with van der Waals surface area (Å²) in [5.74, 6) is 1.43. The van der Waals surface area contributed by atoms with Gasteiger partial charge in [0.2, 0.25) is 0 Å². The highest BCUT2D eigenvalue weighted by molar-refractivity contribution is 9.10. The molecule has 7 heteroatoms. The van der Waals surface area contributed by atoms with Gasteiger partial charge in [0.05, 0.1) is 11.3 Å². The molecule has 3 aromatic heterocycles. The molecule has 0 aliphatic carbocycles. The fourth-order valence-electron chi connectivity index (χ4n) is 2.63. The number of nitrogens with one attached hydrogen (secondary N) is 1. The van der Waals surface area contributed by atoms with E-state index in [0.717, 1.165) is 15.9 Å². The van der Waals surface area contributed by atoms with Gasteiger partial charge in [-0.1, -0.05) is 18.2 Å². The van der Waals surface area contributed by atoms with Crippen molar-refractivity contribution in [3.63, 3.8) is 0 Å². The first-order valence-corrected chi connectivity index (χ1v) is 9.04. The number of carbonyl (C=O) groups excluding carboxylic acids is 1. The van der Waals surface area contributed by atoms with Crippen molar-refractivity contribution in [3.05, 3.63) is 82.8 Å². The Balaban J connectivity index is 1.74. The number of rotatable bonds is 4. The smallest absolute Gasteiger partial charge is 0.260 e. The summed E-state index contributed by atoms with van der Waals surface area (Å²) in [6, 6.07) is 16.8. The molecule has 1 amide bonds. The normalized spacial score (nSPS) is 10.7. The van der Waals surface area contributed by atoms with Crippen LogP contribution in [-0.4, -0.2) is 20.7 Å². The maximum atomic E-state index is 12.9. The molecule has 0 radical (unpaired) electrons. The number of anilines is 1. The summed E-state index contributed by atoms with van der Waals surface area (Å²) in [6.07, 6.45) is 3.32. The zero-order valence-electron chi connectivity index (χ0n) is 14.4. The lowest BCUT2D eigenvalue weighted by molar-refractivity contribution is 0.102. The molecule has 6 nitrogen and oxygen atoms in total. The Morgan fingerprint density at radius 1 is 1.11 bits per heavy atom. The highest BCUT2D eigenvalue weighted by Gasteiger charge is 2.21. The van der Waals surface area contributed by atoms with E-state index in [4.69, 9.17) is 4.42 Å². The van der Waals surface area contributed by atoms with E-state index in [-0.39, 0.29) is 5.91 Å². The van der Waals surface area contributed by atoms with Crippen LogP contribution in [0.15, 0.2) is 75.9 Å². The molecule has 3 heterocycles. The number of halogens is 1. The highest BCUT2D eigenvalue weighted by Crippen LogP contribution is 2.26. The fourth-order valence-corrected chi connectivity index (χ4v) is 2.86. The largest absolute Gasteiger partial charge is 0.460 e. The Labute approximate surface area is 164 Å². The summed E-state index contributed by atoms with van der Waals surface area (Å²) in [6.45, 7) is 1.85. The molecule has 1 N–H and O–H groups in total. The Morgan fingerprint density at radius 3 is 2.59 bits per heavy atom. The van der Waals surface area contributed by atoms with Gasteiger partial charge in [0, 0.05) is 16.9 Å². The van der Waals surface area contributed by atoms with Gasteiger partial charge < -0.3 is 9.73 Å². The van der Waals surface area contributed by atoms with Crippen molar-refractivity contribution >= 4 is 27.7 Å². The van der Waals surface area contributed by atoms with Crippen LogP contribution in [0.4, 0.5) is 5.82 Å². The molecule has 0 fully saturated rings. The summed E-state index contributed by atoms with van der Waals surface area (Å²) in [5.41, 5.74) is 1.72. The molecule has 1 aromatic carbocycles. The zero-order valence-corrected chi connectivity index (χ0v) is 16.0. The van der Waals surface area contributed by atoms with Gasteiger partial charge in [0.25, 0.3) is 5.91 Å². The van der Waals surface area contributed by atoms with Crippen LogP contribution in [-0.2, 0) is 0 Å². The Hall–Kier alpha value is -3.19. The Bertz CT molecular complexity index is 1080. The fraction of sp³-hybridized carbons (Fsp3) is 0.0500. The van der Waals surface area contributed by atoms with E-state index in [0.29, 0.717) is 22.8 Å². The zero-order chi connectivity index (χ0) is 18.8.